The van der Waals surface area contributed by atoms with E-state index in [1.165, 1.54) is 19.3 Å². The Hall–Kier alpha value is -3.12. The molecule has 184 valence electrons. The lowest BCUT2D eigenvalue weighted by atomic mass is 9.89. The van der Waals surface area contributed by atoms with Gasteiger partial charge in [0.2, 0.25) is 0 Å². The molecular weight excluding hydrogens is 434 g/mol. The molecule has 0 aromatic carbocycles. The van der Waals surface area contributed by atoms with Gasteiger partial charge in [-0.15, -0.1) is 0 Å². The Morgan fingerprint density at radius 3 is 2.69 bits per heavy atom. The molecule has 35 heavy (non-hydrogen) atoms. The van der Waals surface area contributed by atoms with Crippen molar-refractivity contribution in [1.82, 2.24) is 24.1 Å². The Bertz CT molecular complexity index is 1230. The Kier molecular flexibility index (Phi) is 6.41. The molecule has 1 saturated heterocycles. The highest BCUT2D eigenvalue weighted by Gasteiger charge is 2.33. The van der Waals surface area contributed by atoms with Crippen LogP contribution >= 0.6 is 0 Å². The zero-order chi connectivity index (χ0) is 24.7. The summed E-state index contributed by atoms with van der Waals surface area (Å²) in [7, 11) is 0. The average molecular weight is 472 g/mol. The van der Waals surface area contributed by atoms with E-state index in [1.54, 1.807) is 6.08 Å². The van der Waals surface area contributed by atoms with Gasteiger partial charge < -0.3 is 14.2 Å². The van der Waals surface area contributed by atoms with Gasteiger partial charge in [0.15, 0.2) is 0 Å². The van der Waals surface area contributed by atoms with Crippen LogP contribution in [0, 0.1) is 6.92 Å². The molecule has 1 amide bonds. The van der Waals surface area contributed by atoms with Crippen molar-refractivity contribution in [3.05, 3.63) is 72.0 Å². The molecule has 6 heteroatoms. The monoisotopic (exact) mass is 471 g/mol. The highest BCUT2D eigenvalue weighted by molar-refractivity contribution is 5.96. The smallest absolute Gasteiger partial charge is 0.251 e. The fourth-order valence-electron chi connectivity index (χ4n) is 5.51. The van der Waals surface area contributed by atoms with Crippen LogP contribution in [-0.2, 0) is 4.79 Å². The number of imidazole rings is 1. The first kappa shape index (κ1) is 23.6. The molecule has 2 atom stereocenters. The topological polar surface area (TPSA) is 44.1 Å². The van der Waals surface area contributed by atoms with Crippen LogP contribution < -0.4 is 0 Å². The third-order valence-electron chi connectivity index (χ3n) is 7.81. The molecule has 5 rings (SSSR count). The van der Waals surface area contributed by atoms with Crippen LogP contribution in [0.4, 0.5) is 0 Å². The Labute approximate surface area is 208 Å². The molecule has 2 fully saturated rings. The number of pyridine rings is 1. The minimum Gasteiger partial charge on any atom is -0.368 e. The quantitative estimate of drug-likeness (QED) is 0.584. The Balaban J connectivity index is 1.34. The van der Waals surface area contributed by atoms with Gasteiger partial charge in [-0.1, -0.05) is 25.2 Å². The average Bonchev–Trinajstić information content (AvgIpc) is 3.18. The Morgan fingerprint density at radius 1 is 1.20 bits per heavy atom. The summed E-state index contributed by atoms with van der Waals surface area (Å²) >= 11 is 0. The first-order chi connectivity index (χ1) is 16.8. The van der Waals surface area contributed by atoms with Crippen molar-refractivity contribution < 1.29 is 4.79 Å². The number of hydrogen-bond donors (Lipinski definition) is 0. The van der Waals surface area contributed by atoms with Gasteiger partial charge in [-0.25, -0.2) is 4.98 Å². The number of allylic oxidation sites excluding steroid dienone is 2. The summed E-state index contributed by atoms with van der Waals surface area (Å²) in [6.07, 6.45) is 18.0. The van der Waals surface area contributed by atoms with Crippen LogP contribution in [0.1, 0.15) is 56.9 Å². The molecule has 2 aliphatic heterocycles. The fourth-order valence-corrected chi connectivity index (χ4v) is 5.51. The summed E-state index contributed by atoms with van der Waals surface area (Å²) in [6.45, 7) is 15.4. The summed E-state index contributed by atoms with van der Waals surface area (Å²) in [6, 6.07) is 3.39. The third kappa shape index (κ3) is 4.59. The number of fused-ring (bicyclic) bond motifs is 1. The predicted octanol–water partition coefficient (Wildman–Crippen LogP) is 4.88. The number of aromatic nitrogens is 2. The maximum Gasteiger partial charge on any atom is 0.251 e. The number of rotatable bonds is 5. The zero-order valence-corrected chi connectivity index (χ0v) is 21.4. The van der Waals surface area contributed by atoms with Crippen LogP contribution in [0.15, 0.2) is 55.2 Å². The molecule has 1 aliphatic carbocycles. The van der Waals surface area contributed by atoms with Gasteiger partial charge in [0.25, 0.3) is 5.91 Å². The van der Waals surface area contributed by atoms with Gasteiger partial charge in [-0.3, -0.25) is 9.69 Å². The lowest BCUT2D eigenvalue weighted by molar-refractivity contribution is -0.124. The van der Waals surface area contributed by atoms with Crippen LogP contribution in [0.5, 0.6) is 0 Å². The molecule has 0 radical (unpaired) electrons. The number of carbonyl (C=O) groups excluding carboxylic acids is 1. The molecule has 1 unspecified atom stereocenters. The van der Waals surface area contributed by atoms with Crippen LogP contribution in [0.2, 0.25) is 0 Å². The number of piperazine rings is 1. The van der Waals surface area contributed by atoms with E-state index in [9.17, 15) is 4.79 Å². The van der Waals surface area contributed by atoms with Crippen molar-refractivity contribution >= 4 is 23.2 Å². The van der Waals surface area contributed by atoms with Gasteiger partial charge >= 0.3 is 0 Å². The number of amides is 1. The van der Waals surface area contributed by atoms with E-state index in [0.717, 1.165) is 59.4 Å². The molecule has 6 nitrogen and oxygen atoms in total. The minimum atomic E-state index is 0.0000594. The molecule has 2 aromatic rings. The van der Waals surface area contributed by atoms with E-state index < -0.39 is 0 Å². The summed E-state index contributed by atoms with van der Waals surface area (Å²) in [5.74, 6) is 0.0000594. The van der Waals surface area contributed by atoms with Crippen LogP contribution in [0.3, 0.4) is 0 Å². The van der Waals surface area contributed by atoms with Crippen molar-refractivity contribution in [3.8, 4) is 0 Å². The molecular formula is C29H37N5O. The van der Waals surface area contributed by atoms with Gasteiger partial charge in [-0.2, -0.15) is 0 Å². The van der Waals surface area contributed by atoms with E-state index in [4.69, 9.17) is 0 Å². The molecule has 4 heterocycles. The van der Waals surface area contributed by atoms with Crippen LogP contribution in [-0.4, -0.2) is 67.8 Å². The predicted molar refractivity (Wildman–Crippen MR) is 143 cm³/mol. The third-order valence-corrected chi connectivity index (χ3v) is 7.81. The summed E-state index contributed by atoms with van der Waals surface area (Å²) in [4.78, 5) is 25.0. The molecule has 2 aromatic heterocycles. The molecule has 0 N–H and O–H groups in total. The van der Waals surface area contributed by atoms with Crippen molar-refractivity contribution in [3.63, 3.8) is 0 Å². The van der Waals surface area contributed by atoms with E-state index in [0.29, 0.717) is 6.04 Å². The van der Waals surface area contributed by atoms with Crippen molar-refractivity contribution in [2.24, 2.45) is 0 Å². The highest BCUT2D eigenvalue weighted by atomic mass is 16.2. The number of carbonyl (C=O) groups is 1. The lowest BCUT2D eigenvalue weighted by Gasteiger charge is -2.48. The van der Waals surface area contributed by atoms with Crippen molar-refractivity contribution in [2.75, 3.05) is 19.6 Å². The number of nitrogens with zero attached hydrogens (tertiary/aromatic N) is 5. The first-order valence-corrected chi connectivity index (χ1v) is 12.9. The molecule has 1 saturated carbocycles. The normalized spacial score (nSPS) is 24.0. The number of aryl methyl sites for hydroxylation is 1. The van der Waals surface area contributed by atoms with Gasteiger partial charge in [-0.05, 0) is 63.8 Å². The van der Waals surface area contributed by atoms with E-state index in [2.05, 4.69) is 53.4 Å². The van der Waals surface area contributed by atoms with Crippen molar-refractivity contribution in [2.45, 2.75) is 65.1 Å². The highest BCUT2D eigenvalue weighted by Crippen LogP contribution is 2.30. The van der Waals surface area contributed by atoms with Crippen molar-refractivity contribution in [1.29, 1.82) is 0 Å². The second kappa shape index (κ2) is 9.50. The standard InChI is InChI=1S/C29H37N5O/c1-6-24-15-25(18-32-16-21(3)30-29(24)32)20(2)14-28(35)34-19-27(11-10-22(34)4)31-12-13-33(23(5)17-31)26-8-7-9-26/h6,10-11,14-16,18-19,22-23,26H,1,7-9,12-13,17H2,2-5H3/b20-14+/t22?,23-/m0/s1. The maximum absolute atomic E-state index is 13.4. The van der Waals surface area contributed by atoms with Gasteiger partial charge in [0.1, 0.15) is 5.65 Å². The maximum atomic E-state index is 13.4. The van der Waals surface area contributed by atoms with E-state index in [1.807, 2.05) is 47.8 Å². The first-order valence-electron chi connectivity index (χ1n) is 12.9. The summed E-state index contributed by atoms with van der Waals surface area (Å²) < 4.78 is 2.01. The van der Waals surface area contributed by atoms with E-state index >= 15 is 0 Å². The largest absolute Gasteiger partial charge is 0.368 e. The minimum absolute atomic E-state index is 0.0000594. The Morgan fingerprint density at radius 2 is 2.00 bits per heavy atom. The second-order valence-electron chi connectivity index (χ2n) is 10.3. The van der Waals surface area contributed by atoms with Crippen LogP contribution in [0.25, 0.3) is 17.3 Å². The molecule has 3 aliphatic rings. The SMILES string of the molecule is C=Cc1cc(/C(C)=C/C(=O)N2C=C(N3CCN(C4CCC4)[C@@H](C)C3)C=CC2C)cn2cc(C)nc12. The van der Waals surface area contributed by atoms with E-state index in [-0.39, 0.29) is 11.9 Å². The zero-order valence-electron chi connectivity index (χ0n) is 21.4. The van der Waals surface area contributed by atoms with Gasteiger partial charge in [0, 0.05) is 62.0 Å². The fraction of sp³-hybridized carbons (Fsp3) is 0.448. The molecule has 0 bridgehead atoms. The lowest BCUT2D eigenvalue weighted by Crippen LogP contribution is -2.56. The summed E-state index contributed by atoms with van der Waals surface area (Å²) in [5, 5.41) is 0. The molecule has 0 spiro atoms. The summed E-state index contributed by atoms with van der Waals surface area (Å²) in [5.41, 5.74) is 5.84. The number of hydrogen-bond acceptors (Lipinski definition) is 4. The second-order valence-corrected chi connectivity index (χ2v) is 10.3. The van der Waals surface area contributed by atoms with Gasteiger partial charge in [0.05, 0.1) is 17.4 Å².